The summed E-state index contributed by atoms with van der Waals surface area (Å²) in [5.74, 6) is 11.7. The number of hydrogen-bond acceptors (Lipinski definition) is 23. The molecule has 0 aliphatic carbocycles. The number of methoxy groups -OCH3 is 1. The lowest BCUT2D eigenvalue weighted by Gasteiger charge is -2.24. The van der Waals surface area contributed by atoms with Gasteiger partial charge in [-0.1, -0.05) is 430 Å². The molecule has 0 saturated heterocycles. The predicted octanol–water partition coefficient (Wildman–Crippen LogP) is 32.7. The first-order valence-corrected chi connectivity index (χ1v) is 51.7. The Morgan fingerprint density at radius 1 is 0.518 bits per heavy atom. The van der Waals surface area contributed by atoms with Crippen LogP contribution in [-0.4, -0.2) is 143 Å². The maximum Gasteiger partial charge on any atom is 0.253 e. The number of aldehydes is 1. The lowest BCUT2D eigenvalue weighted by atomic mass is 9.89. The van der Waals surface area contributed by atoms with Crippen LogP contribution in [0.1, 0.15) is 471 Å². The first kappa shape index (κ1) is 193. The Labute approximate surface area is 887 Å². The summed E-state index contributed by atoms with van der Waals surface area (Å²) in [5.41, 5.74) is 12.8. The number of Topliss-reactive ketones (excluding diaryl/α,β-unsaturated/α-hetero) is 3. The Morgan fingerprint density at radius 3 is 1.02 bits per heavy atom. The molecule has 3 amide bonds. The zero-order valence-electron chi connectivity index (χ0n) is 92.3. The largest absolute Gasteiger partial charge is 0.384 e. The molecule has 2 heterocycles. The van der Waals surface area contributed by atoms with Crippen LogP contribution in [0.15, 0.2) is 63.5 Å². The van der Waals surface area contributed by atoms with Crippen LogP contribution < -0.4 is 28.3 Å². The normalized spacial score (nSPS) is 11.4. The highest BCUT2D eigenvalue weighted by molar-refractivity contribution is 8.76. The number of ketones is 3. The van der Waals surface area contributed by atoms with Gasteiger partial charge in [-0.05, 0) is 150 Å². The highest BCUT2D eigenvalue weighted by atomic mass is 35.7. The first-order chi connectivity index (χ1) is 56.6. The number of carbonyl (C=O) groups is 7. The summed E-state index contributed by atoms with van der Waals surface area (Å²) in [7, 11) is 4.01. The predicted molar refractivity (Wildman–Crippen MR) is 635 cm³/mol. The van der Waals surface area contributed by atoms with Crippen LogP contribution >= 0.6 is 44.5 Å². The van der Waals surface area contributed by atoms with Crippen molar-refractivity contribution in [1.82, 2.24) is 20.7 Å². The average molecular weight is 2110 g/mol. The molecule has 0 atom stereocenters. The summed E-state index contributed by atoms with van der Waals surface area (Å²) in [6, 6.07) is 6.01. The zero-order valence-corrected chi connectivity index (χ0v) is 97.1. The zero-order chi connectivity index (χ0) is 107. The number of isothiocyanates is 1. The lowest BCUT2D eigenvalue weighted by molar-refractivity contribution is -0.138. The summed E-state index contributed by atoms with van der Waals surface area (Å²) in [4.78, 5) is 96.7. The molecule has 0 radical (unpaired) electrons. The molecule has 0 fully saturated rings. The Bertz CT molecular complexity index is 3340. The van der Waals surface area contributed by atoms with Crippen molar-refractivity contribution >= 4 is 116 Å². The molecule has 1 aromatic heterocycles. The Kier molecular flexibility index (Phi) is 132. The fourth-order valence-corrected chi connectivity index (χ4v) is 13.0. The number of rotatable bonds is 19. The van der Waals surface area contributed by atoms with Crippen molar-refractivity contribution in [1.29, 1.82) is 0 Å². The molecule has 0 unspecified atom stereocenters. The fourth-order valence-electron chi connectivity index (χ4n) is 6.95. The summed E-state index contributed by atoms with van der Waals surface area (Å²) < 4.78 is 47.5. The molecule has 0 spiro atoms. The number of nitrogens with two attached hydrogens (primary N) is 3. The van der Waals surface area contributed by atoms with Crippen LogP contribution in [0.4, 0.5) is 0 Å². The van der Waals surface area contributed by atoms with E-state index < -0.39 is 18.9 Å². The third-order valence-corrected chi connectivity index (χ3v) is 19.7. The molecule has 1 aliphatic rings. The van der Waals surface area contributed by atoms with E-state index in [0.29, 0.717) is 88.2 Å². The van der Waals surface area contributed by atoms with Gasteiger partial charge in [0.25, 0.3) is 11.8 Å². The Hall–Kier alpha value is -4.21. The van der Waals surface area contributed by atoms with Gasteiger partial charge in [0.2, 0.25) is 21.0 Å². The van der Waals surface area contributed by atoms with E-state index in [4.69, 9.17) is 32.8 Å². The number of amides is 3. The van der Waals surface area contributed by atoms with Crippen molar-refractivity contribution in [3.05, 3.63) is 48.5 Å². The van der Waals surface area contributed by atoms with Gasteiger partial charge in [0, 0.05) is 98.9 Å². The van der Waals surface area contributed by atoms with Crippen molar-refractivity contribution in [3.8, 4) is 0 Å². The second kappa shape index (κ2) is 94.8. The number of hydrogen-bond donors (Lipinski definition) is 5. The molecule has 8 N–H and O–H groups in total. The molecular formula is C111H244ClN9O13S5. The molecule has 2 rings (SSSR count). The number of isocyanates is 1. The van der Waals surface area contributed by atoms with Gasteiger partial charge in [-0.15, -0.1) is 0 Å². The van der Waals surface area contributed by atoms with Crippen LogP contribution in [0.5, 0.6) is 0 Å². The maximum atomic E-state index is 11.1. The second-order valence-electron chi connectivity index (χ2n) is 50.0. The van der Waals surface area contributed by atoms with E-state index in [0.717, 1.165) is 74.4 Å². The number of thiocarbonyl (C=S) groups is 1. The molecule has 848 valence electrons. The Balaban J connectivity index is -0.0000000494. The van der Waals surface area contributed by atoms with E-state index in [1.54, 1.807) is 31.8 Å². The molecule has 1 aliphatic heterocycles. The third kappa shape index (κ3) is 243. The van der Waals surface area contributed by atoms with Crippen molar-refractivity contribution in [3.63, 3.8) is 0 Å². The molecule has 22 nitrogen and oxygen atoms in total. The SMILES string of the molecule is C.C.C.C.C.C.C.C.C.C.C=CS(=O)(=O)CC(C)(C)C.CC(=O)CC(C)(C)C.CC(=O)CCC(C)(C)C.CC(C)(C)CC(=O)NN.CC(C)(C)CC=O.CC(C)(C)CN.CC(C)(C)CN1C(=O)C=CC1=O.CC(C)(C)CN=C=O.CC(C)(C)CN=C=S.CC(C)(C)CNN.CC(C)(C)CS(=O)(=O)Cl.CC(C)(C)CSSc1ccccn1.CCC(=O)CCC(C)(C)C.CCC(C)(C)C.COCC(C)(C)C. The first-order valence-electron chi connectivity index (χ1n) is 44.8. The lowest BCUT2D eigenvalue weighted by Crippen LogP contribution is -2.37. The quantitative estimate of drug-likeness (QED) is 0.00820. The van der Waals surface area contributed by atoms with Gasteiger partial charge in [0.05, 0.1) is 36.4 Å². The molecule has 28 heteroatoms. The van der Waals surface area contributed by atoms with Gasteiger partial charge in [-0.3, -0.25) is 40.8 Å². The van der Waals surface area contributed by atoms with Crippen LogP contribution in [0.2, 0.25) is 0 Å². The van der Waals surface area contributed by atoms with Crippen molar-refractivity contribution in [2.24, 2.45) is 109 Å². The summed E-state index contributed by atoms with van der Waals surface area (Å²) >= 11 is 4.40. The number of ether oxygens (including phenoxy) is 1. The van der Waals surface area contributed by atoms with Crippen LogP contribution in [0, 0.1) is 81.2 Å². The molecular weight excluding hydrogens is 1860 g/mol. The molecule has 1 aromatic rings. The summed E-state index contributed by atoms with van der Waals surface area (Å²) in [6.07, 6.45) is 14.2. The number of hydrazine groups is 2. The minimum atomic E-state index is -3.31. The monoisotopic (exact) mass is 2110 g/mol. The van der Waals surface area contributed by atoms with Crippen LogP contribution in [0.3, 0.4) is 0 Å². The van der Waals surface area contributed by atoms with Crippen LogP contribution in [0.25, 0.3) is 0 Å². The number of imide groups is 1. The van der Waals surface area contributed by atoms with Crippen LogP contribution in [-0.2, 0) is 62.0 Å². The number of nitrogens with zero attached hydrogens (tertiary/aromatic N) is 4. The van der Waals surface area contributed by atoms with Gasteiger partial charge in [0.15, 0.2) is 9.84 Å². The Morgan fingerprint density at radius 2 is 0.885 bits per heavy atom. The second-order valence-corrected chi connectivity index (χ2v) is 57.2. The smallest absolute Gasteiger partial charge is 0.253 e. The van der Waals surface area contributed by atoms with Gasteiger partial charge in [-0.2, -0.15) is 0 Å². The summed E-state index contributed by atoms with van der Waals surface area (Å²) in [5, 5.41) is 4.44. The number of pyridine rings is 1. The topological polar surface area (TPSA) is 357 Å². The van der Waals surface area contributed by atoms with Gasteiger partial charge in [0.1, 0.15) is 28.7 Å². The van der Waals surface area contributed by atoms with E-state index in [9.17, 15) is 55.2 Å². The minimum Gasteiger partial charge on any atom is -0.384 e. The van der Waals surface area contributed by atoms with Gasteiger partial charge < -0.3 is 24.9 Å². The van der Waals surface area contributed by atoms with E-state index in [-0.39, 0.29) is 153 Å². The number of aromatic nitrogens is 1. The standard InChI is InChI=1S/C10H15NS2.C9H13NO2.C9H18O.C8H16O.C7H14O2S.C7H14O.C6H14N2O.C6H11NO.C6H11NS.C6H14O.C6H12O.C6H14.C5H11ClO2S.C5H14N2.C5H13N.10CH4/c1-10(2,3)8-12-13-9-6-4-5-7-11-9;1-9(2,3)6-10-7(11)4-5-8(10)12;1-5-8(10)6-7-9(2,3)4;1-7(9)5-6-8(2,3)4;1-5-10(8,9)6-7(2,3)4;1-6(8)5-7(2,3)4;1-6(2,3)4-5(9)8-7;2*1-6(2,3)4-7-5-8;1-6(2,3)5-7-4;1-6(2,3)4-5-7;1-5-6(2,3)4;1-5(2,3)4-9(6,7)8;1-5(2,3)4-7-6;1-5(2,3)4-6;;;;;;;;;;/h4-7H,8H2,1-3H3;4-5H,6H2,1-3H3;5-7H2,1-4H3;5-6H2,1-4H3;5H,1,6H2,2-4H3;5H2,1-4H3;4,7H2,1-3H3,(H,8,9);2*4H2,1-3H3;5H2,1-4H3;5H,4H2,1-3H3;5H2,1-4H3;4H2,1-3H3;7H,4,6H2,1-3H3;4,6H2,1-3H3;10*1H4. The van der Waals surface area contributed by atoms with Crippen molar-refractivity contribution in [2.75, 3.05) is 63.7 Å². The number of halogens is 1. The molecule has 0 bridgehead atoms. The van der Waals surface area contributed by atoms with Crippen molar-refractivity contribution in [2.45, 2.75) is 476 Å². The summed E-state index contributed by atoms with van der Waals surface area (Å²) in [6.45, 7) is 108. The highest BCUT2D eigenvalue weighted by Gasteiger charge is 2.28. The fraction of sp³-hybridized carbons (Fsp3) is 0.838. The number of nitrogens with one attached hydrogen (secondary N) is 2. The van der Waals surface area contributed by atoms with E-state index >= 15 is 0 Å². The molecule has 0 saturated carbocycles. The van der Waals surface area contributed by atoms with E-state index in [2.05, 4.69) is 244 Å². The molecule has 139 heavy (non-hydrogen) atoms. The maximum absolute atomic E-state index is 11.1. The molecule has 0 aromatic carbocycles. The van der Waals surface area contributed by atoms with E-state index in [1.807, 2.05) is 167 Å². The van der Waals surface area contributed by atoms with Gasteiger partial charge >= 0.3 is 0 Å². The highest BCUT2D eigenvalue weighted by Crippen LogP contribution is 2.34. The average Bonchev–Trinajstić information content (AvgIpc) is 1.72. The number of sulfone groups is 1. The number of carbonyl (C=O) groups excluding carboxylic acids is 8. The third-order valence-electron chi connectivity index (χ3n) is 13.5. The van der Waals surface area contributed by atoms with Gasteiger partial charge in [-0.25, -0.2) is 42.4 Å². The van der Waals surface area contributed by atoms with Crippen molar-refractivity contribution < 1.29 is 59.9 Å². The minimum absolute atomic E-state index is 0. The number of aliphatic imine (C=N–C) groups is 2. The van der Waals surface area contributed by atoms with E-state index in [1.165, 1.54) is 29.6 Å².